The first-order valence-corrected chi connectivity index (χ1v) is 8.17. The Bertz CT molecular complexity index is 598. The van der Waals surface area contributed by atoms with E-state index in [-0.39, 0.29) is 0 Å². The van der Waals surface area contributed by atoms with Crippen LogP contribution in [0.3, 0.4) is 0 Å². The van der Waals surface area contributed by atoms with Crippen LogP contribution >= 0.6 is 0 Å². The van der Waals surface area contributed by atoms with Crippen molar-refractivity contribution in [1.82, 2.24) is 25.5 Å². The fourth-order valence-electron chi connectivity index (χ4n) is 2.91. The van der Waals surface area contributed by atoms with Gasteiger partial charge in [0.05, 0.1) is 13.6 Å². The van der Waals surface area contributed by atoms with Crippen LogP contribution in [-0.2, 0) is 20.0 Å². The number of nitrogens with one attached hydrogen (secondary N) is 1. The molecular formula is C17H25N5. The maximum atomic E-state index is 4.23. The summed E-state index contributed by atoms with van der Waals surface area (Å²) in [7, 11) is 1.79. The van der Waals surface area contributed by atoms with Crippen LogP contribution in [0.4, 0.5) is 0 Å². The minimum Gasteiger partial charge on any atom is -0.303 e. The van der Waals surface area contributed by atoms with E-state index in [0.29, 0.717) is 18.5 Å². The summed E-state index contributed by atoms with van der Waals surface area (Å²) in [6.45, 7) is 5.19. The van der Waals surface area contributed by atoms with Crippen molar-refractivity contribution in [3.05, 3.63) is 41.2 Å². The first-order valence-electron chi connectivity index (χ1n) is 8.17. The van der Waals surface area contributed by atoms with Crippen LogP contribution in [-0.4, -0.2) is 20.2 Å². The zero-order valence-electron chi connectivity index (χ0n) is 13.7. The van der Waals surface area contributed by atoms with E-state index in [2.05, 4.69) is 58.8 Å². The third-order valence-corrected chi connectivity index (χ3v) is 4.11. The van der Waals surface area contributed by atoms with E-state index in [9.17, 15) is 0 Å². The molecule has 0 amide bonds. The van der Waals surface area contributed by atoms with Crippen LogP contribution < -0.4 is 5.32 Å². The van der Waals surface area contributed by atoms with Gasteiger partial charge in [0.1, 0.15) is 0 Å². The summed E-state index contributed by atoms with van der Waals surface area (Å²) in [4.78, 5) is 1.50. The highest BCUT2D eigenvalue weighted by molar-refractivity contribution is 5.26. The summed E-state index contributed by atoms with van der Waals surface area (Å²) in [5.41, 5.74) is 2.79. The minimum absolute atomic E-state index is 0.400. The molecule has 0 saturated heterocycles. The van der Waals surface area contributed by atoms with Gasteiger partial charge >= 0.3 is 0 Å². The Morgan fingerprint density at radius 2 is 1.95 bits per heavy atom. The molecule has 1 atom stereocenters. The number of benzene rings is 1. The van der Waals surface area contributed by atoms with Gasteiger partial charge < -0.3 is 5.32 Å². The smallest absolute Gasteiger partial charge is 0.188 e. The fraction of sp³-hybridized carbons (Fsp3) is 0.588. The van der Waals surface area contributed by atoms with E-state index in [4.69, 9.17) is 0 Å². The predicted molar refractivity (Wildman–Crippen MR) is 86.1 cm³/mol. The first-order chi connectivity index (χ1) is 10.6. The molecule has 0 bridgehead atoms. The quantitative estimate of drug-likeness (QED) is 0.854. The average Bonchev–Trinajstić information content (AvgIpc) is 3.23. The molecule has 1 aromatic heterocycles. The van der Waals surface area contributed by atoms with Gasteiger partial charge in [-0.15, -0.1) is 10.2 Å². The molecule has 118 valence electrons. The number of nitrogens with zero attached hydrogens (tertiary/aromatic N) is 4. The van der Waals surface area contributed by atoms with Gasteiger partial charge in [0.15, 0.2) is 5.82 Å². The lowest BCUT2D eigenvalue weighted by atomic mass is 9.97. The second-order valence-electron chi connectivity index (χ2n) is 6.73. The van der Waals surface area contributed by atoms with Crippen LogP contribution in [0.2, 0.25) is 0 Å². The van der Waals surface area contributed by atoms with Crippen molar-refractivity contribution in [3.8, 4) is 0 Å². The lowest BCUT2D eigenvalue weighted by molar-refractivity contribution is 0.471. The Labute approximate surface area is 132 Å². The highest BCUT2D eigenvalue weighted by Gasteiger charge is 2.32. The van der Waals surface area contributed by atoms with Crippen molar-refractivity contribution in [2.45, 2.75) is 45.7 Å². The van der Waals surface area contributed by atoms with Crippen LogP contribution in [0, 0.1) is 11.8 Å². The van der Waals surface area contributed by atoms with Gasteiger partial charge in [-0.1, -0.05) is 38.1 Å². The van der Waals surface area contributed by atoms with Crippen molar-refractivity contribution in [2.24, 2.45) is 18.9 Å². The Balaban J connectivity index is 1.65. The molecule has 1 heterocycles. The standard InChI is InChI=1S/C17H25N5/c1-12(2)10-13-4-6-14(7-5-13)17(15-8-9-15)18-11-16-19-21-22(3)20-16/h4-7,12,15,17-18H,8-11H2,1-3H3/t17-/m0/s1. The van der Waals surface area contributed by atoms with Gasteiger partial charge in [0.25, 0.3) is 0 Å². The molecule has 1 aromatic carbocycles. The molecule has 1 aliphatic carbocycles. The number of rotatable bonds is 7. The zero-order chi connectivity index (χ0) is 15.5. The van der Waals surface area contributed by atoms with E-state index in [1.165, 1.54) is 28.8 Å². The highest BCUT2D eigenvalue weighted by atomic mass is 15.6. The van der Waals surface area contributed by atoms with Crippen LogP contribution in [0.5, 0.6) is 0 Å². The number of hydrogen-bond acceptors (Lipinski definition) is 4. The second-order valence-corrected chi connectivity index (χ2v) is 6.73. The fourth-order valence-corrected chi connectivity index (χ4v) is 2.91. The highest BCUT2D eigenvalue weighted by Crippen LogP contribution is 2.41. The summed E-state index contributed by atoms with van der Waals surface area (Å²) in [6.07, 6.45) is 3.75. The summed E-state index contributed by atoms with van der Waals surface area (Å²) < 4.78 is 0. The Kier molecular flexibility index (Phi) is 4.52. The minimum atomic E-state index is 0.400. The molecule has 22 heavy (non-hydrogen) atoms. The number of hydrogen-bond donors (Lipinski definition) is 1. The molecule has 1 saturated carbocycles. The molecule has 1 fully saturated rings. The lowest BCUT2D eigenvalue weighted by Crippen LogP contribution is -2.23. The Morgan fingerprint density at radius 3 is 2.50 bits per heavy atom. The molecular weight excluding hydrogens is 274 g/mol. The maximum Gasteiger partial charge on any atom is 0.188 e. The van der Waals surface area contributed by atoms with Crippen molar-refractivity contribution in [1.29, 1.82) is 0 Å². The number of aryl methyl sites for hydroxylation is 1. The third-order valence-electron chi connectivity index (χ3n) is 4.11. The van der Waals surface area contributed by atoms with E-state index in [1.807, 2.05) is 0 Å². The van der Waals surface area contributed by atoms with Gasteiger partial charge in [-0.25, -0.2) is 0 Å². The van der Waals surface area contributed by atoms with E-state index < -0.39 is 0 Å². The topological polar surface area (TPSA) is 55.6 Å². The molecule has 1 aliphatic rings. The number of tetrazole rings is 1. The predicted octanol–water partition coefficient (Wildman–Crippen LogP) is 2.65. The van der Waals surface area contributed by atoms with E-state index in [0.717, 1.165) is 18.2 Å². The monoisotopic (exact) mass is 299 g/mol. The van der Waals surface area contributed by atoms with E-state index >= 15 is 0 Å². The summed E-state index contributed by atoms with van der Waals surface area (Å²) >= 11 is 0. The van der Waals surface area contributed by atoms with Crippen molar-refractivity contribution in [2.75, 3.05) is 0 Å². The first kappa shape index (κ1) is 15.2. The molecule has 2 aromatic rings. The Hall–Kier alpha value is -1.75. The van der Waals surface area contributed by atoms with Gasteiger partial charge in [-0.3, -0.25) is 0 Å². The molecule has 5 nitrogen and oxygen atoms in total. The zero-order valence-corrected chi connectivity index (χ0v) is 13.7. The normalized spacial score (nSPS) is 16.2. The van der Waals surface area contributed by atoms with Gasteiger partial charge in [-0.05, 0) is 47.4 Å². The van der Waals surface area contributed by atoms with Gasteiger partial charge in [0, 0.05) is 6.04 Å². The largest absolute Gasteiger partial charge is 0.303 e. The second kappa shape index (κ2) is 6.57. The average molecular weight is 299 g/mol. The molecule has 5 heteroatoms. The molecule has 0 radical (unpaired) electrons. The molecule has 0 aliphatic heterocycles. The third kappa shape index (κ3) is 3.91. The van der Waals surface area contributed by atoms with E-state index in [1.54, 1.807) is 7.05 Å². The molecule has 1 N–H and O–H groups in total. The molecule has 0 spiro atoms. The molecule has 0 unspecified atom stereocenters. The van der Waals surface area contributed by atoms with Gasteiger partial charge in [0.2, 0.25) is 0 Å². The molecule has 3 rings (SSSR count). The number of aromatic nitrogens is 4. The van der Waals surface area contributed by atoms with Crippen LogP contribution in [0.15, 0.2) is 24.3 Å². The van der Waals surface area contributed by atoms with Crippen molar-refractivity contribution < 1.29 is 0 Å². The van der Waals surface area contributed by atoms with Crippen LogP contribution in [0.25, 0.3) is 0 Å². The van der Waals surface area contributed by atoms with Gasteiger partial charge in [-0.2, -0.15) is 4.80 Å². The summed E-state index contributed by atoms with van der Waals surface area (Å²) in [5, 5.41) is 15.8. The summed E-state index contributed by atoms with van der Waals surface area (Å²) in [5.74, 6) is 2.20. The Morgan fingerprint density at radius 1 is 1.23 bits per heavy atom. The van der Waals surface area contributed by atoms with Crippen LogP contribution in [0.1, 0.15) is 49.7 Å². The maximum absolute atomic E-state index is 4.23. The lowest BCUT2D eigenvalue weighted by Gasteiger charge is -2.18. The van der Waals surface area contributed by atoms with Crippen molar-refractivity contribution >= 4 is 0 Å². The SMILES string of the molecule is CC(C)Cc1ccc([C@H](NCc2nnn(C)n2)C2CC2)cc1. The van der Waals surface area contributed by atoms with Crippen molar-refractivity contribution in [3.63, 3.8) is 0 Å². The summed E-state index contributed by atoms with van der Waals surface area (Å²) in [6, 6.07) is 9.49.